The summed E-state index contributed by atoms with van der Waals surface area (Å²) in [5, 5.41) is 10.6. The second-order valence-corrected chi connectivity index (χ2v) is 6.78. The van der Waals surface area contributed by atoms with Gasteiger partial charge in [0, 0.05) is 12.6 Å². The zero-order chi connectivity index (χ0) is 18.5. The van der Waals surface area contributed by atoms with Crippen molar-refractivity contribution in [1.29, 1.82) is 0 Å². The van der Waals surface area contributed by atoms with Gasteiger partial charge in [-0.3, -0.25) is 10.1 Å². The van der Waals surface area contributed by atoms with Crippen molar-refractivity contribution >= 4 is 5.69 Å². The van der Waals surface area contributed by atoms with Crippen LogP contribution in [0, 0.1) is 16.0 Å². The van der Waals surface area contributed by atoms with Gasteiger partial charge in [-0.15, -0.1) is 0 Å². The van der Waals surface area contributed by atoms with Crippen molar-refractivity contribution in [3.63, 3.8) is 0 Å². The number of nitrogens with zero attached hydrogens (tertiary/aromatic N) is 2. The standard InChI is InChI=1S/C14H20N2O3.C6H14/c17-16(18)13-6-4-7-14(12-13)19-11-5-10-15-8-2-1-3-9-15;1-4-6(3)5-2/h4,6-7,12H,1-3,5,8-11H2;6H,4-5H2,1-3H3. The molecule has 1 aromatic rings. The van der Waals surface area contributed by atoms with Gasteiger partial charge < -0.3 is 9.64 Å². The van der Waals surface area contributed by atoms with E-state index in [1.165, 1.54) is 57.3 Å². The predicted octanol–water partition coefficient (Wildman–Crippen LogP) is 5.29. The molecule has 0 radical (unpaired) electrons. The molecule has 1 saturated heterocycles. The summed E-state index contributed by atoms with van der Waals surface area (Å²) in [6, 6.07) is 6.35. The van der Waals surface area contributed by atoms with Crippen LogP contribution in [-0.4, -0.2) is 36.1 Å². The number of hydrogen-bond acceptors (Lipinski definition) is 4. The number of hydrogen-bond donors (Lipinski definition) is 0. The van der Waals surface area contributed by atoms with Crippen LogP contribution in [-0.2, 0) is 0 Å². The molecule has 0 spiro atoms. The number of ether oxygens (including phenoxy) is 1. The normalized spacial score (nSPS) is 14.7. The largest absolute Gasteiger partial charge is 0.493 e. The van der Waals surface area contributed by atoms with E-state index in [9.17, 15) is 10.1 Å². The molecule has 0 saturated carbocycles. The third kappa shape index (κ3) is 9.44. The minimum Gasteiger partial charge on any atom is -0.493 e. The maximum atomic E-state index is 10.6. The quantitative estimate of drug-likeness (QED) is 0.363. The Morgan fingerprint density at radius 1 is 1.20 bits per heavy atom. The number of piperidine rings is 1. The van der Waals surface area contributed by atoms with E-state index in [-0.39, 0.29) is 5.69 Å². The number of benzene rings is 1. The van der Waals surface area contributed by atoms with Crippen LogP contribution in [0.2, 0.25) is 0 Å². The van der Waals surface area contributed by atoms with E-state index in [0.29, 0.717) is 12.4 Å². The molecular formula is C20H34N2O3. The van der Waals surface area contributed by atoms with Gasteiger partial charge in [0.15, 0.2) is 0 Å². The van der Waals surface area contributed by atoms with Crippen molar-refractivity contribution in [3.8, 4) is 5.75 Å². The number of rotatable bonds is 8. The van der Waals surface area contributed by atoms with Gasteiger partial charge >= 0.3 is 0 Å². The zero-order valence-corrected chi connectivity index (χ0v) is 16.1. The SMILES string of the molecule is CCC(C)CC.O=[N+]([O-])c1cccc(OCCCN2CCCCC2)c1. The summed E-state index contributed by atoms with van der Waals surface area (Å²) >= 11 is 0. The molecule has 0 amide bonds. The zero-order valence-electron chi connectivity index (χ0n) is 16.1. The molecule has 1 heterocycles. The Bertz CT molecular complexity index is 484. The van der Waals surface area contributed by atoms with Gasteiger partial charge in [0.2, 0.25) is 0 Å². The van der Waals surface area contributed by atoms with Gasteiger partial charge in [-0.05, 0) is 44.3 Å². The molecule has 25 heavy (non-hydrogen) atoms. The lowest BCUT2D eigenvalue weighted by Crippen LogP contribution is -2.31. The van der Waals surface area contributed by atoms with Gasteiger partial charge in [0.25, 0.3) is 5.69 Å². The Morgan fingerprint density at radius 2 is 1.88 bits per heavy atom. The Balaban J connectivity index is 0.000000450. The van der Waals surface area contributed by atoms with E-state index in [1.54, 1.807) is 12.1 Å². The fourth-order valence-corrected chi connectivity index (χ4v) is 2.64. The molecule has 142 valence electrons. The first-order chi connectivity index (χ1) is 12.1. The van der Waals surface area contributed by atoms with E-state index in [4.69, 9.17) is 4.74 Å². The van der Waals surface area contributed by atoms with E-state index in [0.717, 1.165) is 18.9 Å². The lowest BCUT2D eigenvalue weighted by Gasteiger charge is -2.26. The summed E-state index contributed by atoms with van der Waals surface area (Å²) in [7, 11) is 0. The molecule has 1 aliphatic rings. The average molecular weight is 351 g/mol. The Hall–Kier alpha value is -1.62. The summed E-state index contributed by atoms with van der Waals surface area (Å²) in [4.78, 5) is 12.7. The van der Waals surface area contributed by atoms with E-state index < -0.39 is 4.92 Å². The molecular weight excluding hydrogens is 316 g/mol. The summed E-state index contributed by atoms with van der Waals surface area (Å²) < 4.78 is 5.56. The topological polar surface area (TPSA) is 55.6 Å². The van der Waals surface area contributed by atoms with Crippen LogP contribution in [0.1, 0.15) is 59.3 Å². The fraction of sp³-hybridized carbons (Fsp3) is 0.700. The number of nitro groups is 1. The van der Waals surface area contributed by atoms with Crippen molar-refractivity contribution in [3.05, 3.63) is 34.4 Å². The van der Waals surface area contributed by atoms with Crippen LogP contribution in [0.15, 0.2) is 24.3 Å². The van der Waals surface area contributed by atoms with Crippen LogP contribution in [0.25, 0.3) is 0 Å². The predicted molar refractivity (Wildman–Crippen MR) is 103 cm³/mol. The van der Waals surface area contributed by atoms with Crippen molar-refractivity contribution in [2.24, 2.45) is 5.92 Å². The van der Waals surface area contributed by atoms with Crippen LogP contribution in [0.4, 0.5) is 5.69 Å². The first-order valence-electron chi connectivity index (χ1n) is 9.66. The molecule has 5 heteroatoms. The highest BCUT2D eigenvalue weighted by atomic mass is 16.6. The maximum Gasteiger partial charge on any atom is 0.273 e. The second-order valence-electron chi connectivity index (χ2n) is 6.78. The highest BCUT2D eigenvalue weighted by molar-refractivity contribution is 5.37. The van der Waals surface area contributed by atoms with E-state index in [2.05, 4.69) is 25.7 Å². The monoisotopic (exact) mass is 350 g/mol. The van der Waals surface area contributed by atoms with Crippen molar-refractivity contribution < 1.29 is 9.66 Å². The van der Waals surface area contributed by atoms with E-state index in [1.807, 2.05) is 0 Å². The lowest BCUT2D eigenvalue weighted by molar-refractivity contribution is -0.384. The van der Waals surface area contributed by atoms with Gasteiger partial charge in [-0.25, -0.2) is 0 Å². The molecule has 0 bridgehead atoms. The molecule has 2 rings (SSSR count). The summed E-state index contributed by atoms with van der Waals surface area (Å²) in [6.07, 6.45) is 7.56. The second kappa shape index (κ2) is 12.7. The fourth-order valence-electron chi connectivity index (χ4n) is 2.64. The first-order valence-corrected chi connectivity index (χ1v) is 9.66. The van der Waals surface area contributed by atoms with Gasteiger partial charge in [-0.1, -0.05) is 46.1 Å². The number of likely N-dealkylation sites (tertiary alicyclic amines) is 1. The Kier molecular flexibility index (Phi) is 10.9. The summed E-state index contributed by atoms with van der Waals surface area (Å²) in [5.74, 6) is 1.51. The minimum atomic E-state index is -0.402. The van der Waals surface area contributed by atoms with Crippen LogP contribution in [0.5, 0.6) is 5.75 Å². The van der Waals surface area contributed by atoms with Gasteiger partial charge in [0.05, 0.1) is 17.6 Å². The van der Waals surface area contributed by atoms with Crippen LogP contribution >= 0.6 is 0 Å². The van der Waals surface area contributed by atoms with Crippen molar-refractivity contribution in [1.82, 2.24) is 4.90 Å². The lowest BCUT2D eigenvalue weighted by atomic mass is 10.1. The van der Waals surface area contributed by atoms with Crippen molar-refractivity contribution in [2.45, 2.75) is 59.3 Å². The van der Waals surface area contributed by atoms with Crippen molar-refractivity contribution in [2.75, 3.05) is 26.2 Å². The molecule has 1 aliphatic heterocycles. The maximum absolute atomic E-state index is 10.6. The Morgan fingerprint density at radius 3 is 2.44 bits per heavy atom. The average Bonchev–Trinajstić information content (AvgIpc) is 2.66. The highest BCUT2D eigenvalue weighted by Gasteiger charge is 2.09. The third-order valence-electron chi connectivity index (χ3n) is 4.76. The molecule has 0 unspecified atom stereocenters. The van der Waals surface area contributed by atoms with Gasteiger partial charge in [0.1, 0.15) is 5.75 Å². The Labute approximate surface area is 152 Å². The van der Waals surface area contributed by atoms with E-state index >= 15 is 0 Å². The van der Waals surface area contributed by atoms with Crippen LogP contribution in [0.3, 0.4) is 0 Å². The highest BCUT2D eigenvalue weighted by Crippen LogP contribution is 2.19. The molecule has 5 nitrogen and oxygen atoms in total. The summed E-state index contributed by atoms with van der Waals surface area (Å²) in [6.45, 7) is 10.8. The molecule has 0 N–H and O–H groups in total. The molecule has 1 aromatic carbocycles. The first kappa shape index (κ1) is 21.4. The molecule has 0 aliphatic carbocycles. The smallest absolute Gasteiger partial charge is 0.273 e. The summed E-state index contributed by atoms with van der Waals surface area (Å²) in [5.41, 5.74) is 0.0773. The molecule has 0 atom stereocenters. The van der Waals surface area contributed by atoms with Crippen LogP contribution < -0.4 is 4.74 Å². The molecule has 0 aromatic heterocycles. The third-order valence-corrected chi connectivity index (χ3v) is 4.76. The minimum absolute atomic E-state index is 0.0773. The number of nitro benzene ring substituents is 1. The molecule has 1 fully saturated rings. The van der Waals surface area contributed by atoms with Gasteiger partial charge in [-0.2, -0.15) is 0 Å². The number of non-ortho nitro benzene ring substituents is 1.